The van der Waals surface area contributed by atoms with Crippen LogP contribution in [-0.2, 0) is 11.3 Å². The molecule has 0 radical (unpaired) electrons. The second-order valence-electron chi connectivity index (χ2n) is 6.93. The fourth-order valence-corrected chi connectivity index (χ4v) is 3.70. The van der Waals surface area contributed by atoms with Crippen molar-refractivity contribution in [1.29, 1.82) is 0 Å². The molecule has 4 rings (SSSR count). The number of fused-ring (bicyclic) bond motifs is 3. The third-order valence-electron chi connectivity index (χ3n) is 5.13. The Bertz CT molecular complexity index is 804. The maximum absolute atomic E-state index is 12.4. The van der Waals surface area contributed by atoms with E-state index in [0.29, 0.717) is 19.8 Å². The summed E-state index contributed by atoms with van der Waals surface area (Å²) in [6.07, 6.45) is 1.98. The van der Waals surface area contributed by atoms with Gasteiger partial charge in [-0.15, -0.1) is 0 Å². The lowest BCUT2D eigenvalue weighted by atomic mass is 10.2. The van der Waals surface area contributed by atoms with Gasteiger partial charge in [0.15, 0.2) is 0 Å². The molecule has 6 nitrogen and oxygen atoms in total. The minimum atomic E-state index is 0.0188. The van der Waals surface area contributed by atoms with Gasteiger partial charge in [-0.2, -0.15) is 0 Å². The quantitative estimate of drug-likeness (QED) is 0.778. The van der Waals surface area contributed by atoms with E-state index < -0.39 is 0 Å². The van der Waals surface area contributed by atoms with Crippen molar-refractivity contribution in [1.82, 2.24) is 9.47 Å². The van der Waals surface area contributed by atoms with E-state index >= 15 is 0 Å². The molecule has 2 aliphatic heterocycles. The third-order valence-corrected chi connectivity index (χ3v) is 5.13. The summed E-state index contributed by atoms with van der Waals surface area (Å²) in [5, 5.41) is 1.05. The van der Waals surface area contributed by atoms with E-state index in [4.69, 9.17) is 15.2 Å². The van der Waals surface area contributed by atoms with Crippen LogP contribution >= 0.6 is 0 Å². The summed E-state index contributed by atoms with van der Waals surface area (Å²) >= 11 is 0. The number of aromatic nitrogens is 1. The topological polar surface area (TPSA) is 69.7 Å². The molecule has 0 aliphatic carbocycles. The molecule has 25 heavy (non-hydrogen) atoms. The largest absolute Gasteiger partial charge is 0.494 e. The molecule has 134 valence electrons. The molecular weight excluding hydrogens is 318 g/mol. The maximum Gasteiger partial charge on any atom is 0.251 e. The fourth-order valence-electron chi connectivity index (χ4n) is 3.70. The van der Waals surface area contributed by atoms with E-state index in [1.54, 1.807) is 6.07 Å². The Morgan fingerprint density at radius 3 is 2.80 bits per heavy atom. The Balaban J connectivity index is 1.66. The predicted octanol–water partition coefficient (Wildman–Crippen LogP) is 1.20. The molecular formula is C19H25N3O3. The molecule has 1 aromatic carbocycles. The van der Waals surface area contributed by atoms with E-state index in [2.05, 4.69) is 4.90 Å². The smallest absolute Gasteiger partial charge is 0.251 e. The Kier molecular flexibility index (Phi) is 4.74. The van der Waals surface area contributed by atoms with Crippen molar-refractivity contribution in [3.05, 3.63) is 40.7 Å². The Labute approximate surface area is 147 Å². The van der Waals surface area contributed by atoms with Crippen molar-refractivity contribution < 1.29 is 9.47 Å². The van der Waals surface area contributed by atoms with Crippen LogP contribution in [0.1, 0.15) is 12.8 Å². The van der Waals surface area contributed by atoms with Crippen LogP contribution < -0.4 is 16.0 Å². The maximum atomic E-state index is 12.4. The van der Waals surface area contributed by atoms with Crippen molar-refractivity contribution >= 4 is 10.9 Å². The molecule has 4 bridgehead atoms. The number of nitrogens with two attached hydrogens (primary N) is 1. The average molecular weight is 343 g/mol. The van der Waals surface area contributed by atoms with E-state index in [9.17, 15) is 4.79 Å². The average Bonchev–Trinajstić information content (AvgIpc) is 2.96. The minimum absolute atomic E-state index is 0.0188. The van der Waals surface area contributed by atoms with E-state index in [0.717, 1.165) is 49.1 Å². The zero-order valence-corrected chi connectivity index (χ0v) is 14.4. The molecule has 3 heterocycles. The third kappa shape index (κ3) is 3.56. The van der Waals surface area contributed by atoms with Crippen LogP contribution in [0, 0.1) is 0 Å². The number of benzene rings is 1. The van der Waals surface area contributed by atoms with Crippen LogP contribution in [0.4, 0.5) is 0 Å². The van der Waals surface area contributed by atoms with E-state index in [1.807, 2.05) is 28.8 Å². The summed E-state index contributed by atoms with van der Waals surface area (Å²) in [5.74, 6) is 0.812. The Hall–Kier alpha value is -1.89. The number of ether oxygens (including phenoxy) is 2. The number of hydrogen-bond donors (Lipinski definition) is 1. The standard InChI is InChI=1S/C19H25N3O3/c20-16-12-21-7-8-22-17-11-15(5-3-14(17)4-6-19(22)23)24-9-1-2-10-25-18(16)13-21/h3-6,11,16,18H,1-2,7-10,12-13,20H2/t16-,18-/m1/s1. The molecule has 1 unspecified atom stereocenters. The lowest BCUT2D eigenvalue weighted by Crippen LogP contribution is -2.35. The number of nitrogens with zero attached hydrogens (tertiary/aromatic N) is 2. The van der Waals surface area contributed by atoms with Gasteiger partial charge in [0.2, 0.25) is 0 Å². The molecule has 0 spiro atoms. The van der Waals surface area contributed by atoms with Gasteiger partial charge in [-0.1, -0.05) is 0 Å². The highest BCUT2D eigenvalue weighted by molar-refractivity contribution is 5.80. The van der Waals surface area contributed by atoms with E-state index in [1.165, 1.54) is 0 Å². The molecule has 2 aromatic rings. The van der Waals surface area contributed by atoms with Crippen molar-refractivity contribution in [2.24, 2.45) is 5.73 Å². The lowest BCUT2D eigenvalue weighted by molar-refractivity contribution is 0.0469. The summed E-state index contributed by atoms with van der Waals surface area (Å²) in [4.78, 5) is 14.7. The first-order valence-electron chi connectivity index (χ1n) is 9.07. The predicted molar refractivity (Wildman–Crippen MR) is 97.1 cm³/mol. The van der Waals surface area contributed by atoms with Crippen molar-refractivity contribution in [2.75, 3.05) is 32.8 Å². The zero-order valence-electron chi connectivity index (χ0n) is 14.4. The number of pyridine rings is 1. The van der Waals surface area contributed by atoms with Crippen molar-refractivity contribution in [3.8, 4) is 5.75 Å². The van der Waals surface area contributed by atoms with Crippen LogP contribution in [0.2, 0.25) is 0 Å². The normalized spacial score (nSPS) is 27.6. The molecule has 2 N–H and O–H groups in total. The second-order valence-corrected chi connectivity index (χ2v) is 6.93. The first kappa shape index (κ1) is 16.6. The summed E-state index contributed by atoms with van der Waals surface area (Å²) < 4.78 is 13.7. The van der Waals surface area contributed by atoms with Gasteiger partial charge < -0.3 is 19.8 Å². The van der Waals surface area contributed by atoms with Crippen LogP contribution in [0.3, 0.4) is 0 Å². The Morgan fingerprint density at radius 2 is 1.88 bits per heavy atom. The highest BCUT2D eigenvalue weighted by atomic mass is 16.5. The molecule has 1 fully saturated rings. The van der Waals surface area contributed by atoms with Gasteiger partial charge in [-0.05, 0) is 36.4 Å². The molecule has 0 amide bonds. The van der Waals surface area contributed by atoms with Crippen LogP contribution in [0.25, 0.3) is 10.9 Å². The molecule has 3 atom stereocenters. The second kappa shape index (κ2) is 7.15. The molecule has 0 saturated carbocycles. The molecule has 6 heteroatoms. The van der Waals surface area contributed by atoms with Crippen LogP contribution in [0.15, 0.2) is 35.1 Å². The molecule has 1 aromatic heterocycles. The highest BCUT2D eigenvalue weighted by Crippen LogP contribution is 2.21. The Morgan fingerprint density at radius 1 is 1.04 bits per heavy atom. The summed E-state index contributed by atoms with van der Waals surface area (Å²) in [6, 6.07) is 9.52. The van der Waals surface area contributed by atoms with Crippen LogP contribution in [-0.4, -0.2) is 54.5 Å². The van der Waals surface area contributed by atoms with Gasteiger partial charge in [0.25, 0.3) is 5.56 Å². The summed E-state index contributed by atoms with van der Waals surface area (Å²) in [7, 11) is 0. The first-order chi connectivity index (χ1) is 12.2. The van der Waals surface area contributed by atoms with Crippen molar-refractivity contribution in [2.45, 2.75) is 31.5 Å². The van der Waals surface area contributed by atoms with Gasteiger partial charge in [0.05, 0.1) is 18.2 Å². The fraction of sp³-hybridized carbons (Fsp3) is 0.526. The van der Waals surface area contributed by atoms with Crippen LogP contribution in [0.5, 0.6) is 5.75 Å². The molecule has 2 aliphatic rings. The number of hydrogen-bond acceptors (Lipinski definition) is 5. The highest BCUT2D eigenvalue weighted by Gasteiger charge is 2.30. The zero-order chi connectivity index (χ0) is 17.2. The lowest BCUT2D eigenvalue weighted by Gasteiger charge is -2.18. The van der Waals surface area contributed by atoms with Gasteiger partial charge in [-0.3, -0.25) is 9.69 Å². The molecule has 1 saturated heterocycles. The summed E-state index contributed by atoms with van der Waals surface area (Å²) in [6.45, 7) is 4.45. The monoisotopic (exact) mass is 343 g/mol. The first-order valence-corrected chi connectivity index (χ1v) is 9.07. The number of rotatable bonds is 0. The summed E-state index contributed by atoms with van der Waals surface area (Å²) in [5.41, 5.74) is 7.17. The van der Waals surface area contributed by atoms with Crippen molar-refractivity contribution in [3.63, 3.8) is 0 Å². The minimum Gasteiger partial charge on any atom is -0.494 e. The van der Waals surface area contributed by atoms with Gasteiger partial charge in [0, 0.05) is 51.0 Å². The van der Waals surface area contributed by atoms with Gasteiger partial charge in [-0.25, -0.2) is 0 Å². The van der Waals surface area contributed by atoms with Gasteiger partial charge in [0.1, 0.15) is 5.75 Å². The van der Waals surface area contributed by atoms with Gasteiger partial charge >= 0.3 is 0 Å². The SMILES string of the molecule is N[C@@H]1CN2CCn3c(=O)ccc4ccc(cc43)OCCCCO[C@@H]1C2. The van der Waals surface area contributed by atoms with E-state index in [-0.39, 0.29) is 17.7 Å².